The predicted molar refractivity (Wildman–Crippen MR) is 92.7 cm³/mol. The highest BCUT2D eigenvalue weighted by Gasteiger charge is 2.28. The van der Waals surface area contributed by atoms with E-state index < -0.39 is 24.0 Å². The number of benzene rings is 1. The monoisotopic (exact) mass is 411 g/mol. The van der Waals surface area contributed by atoms with Gasteiger partial charge in [0.05, 0.1) is 6.54 Å². The minimum Gasteiger partial charge on any atom is -0.453 e. The second-order valence-corrected chi connectivity index (χ2v) is 6.35. The molecule has 1 fully saturated rings. The molecule has 4 amide bonds. The summed E-state index contributed by atoms with van der Waals surface area (Å²) in [6.07, 6.45) is -0.674. The van der Waals surface area contributed by atoms with Crippen LogP contribution in [0.3, 0.4) is 0 Å². The lowest BCUT2D eigenvalue weighted by Crippen LogP contribution is -2.33. The van der Waals surface area contributed by atoms with Gasteiger partial charge in [-0.1, -0.05) is 22.0 Å². The van der Waals surface area contributed by atoms with E-state index in [1.165, 1.54) is 6.92 Å². The van der Waals surface area contributed by atoms with Gasteiger partial charge in [0.25, 0.3) is 5.91 Å². The molecule has 1 atom stereocenters. The van der Waals surface area contributed by atoms with Crippen molar-refractivity contribution in [1.82, 2.24) is 10.2 Å². The predicted octanol–water partition coefficient (Wildman–Crippen LogP) is 1.65. The summed E-state index contributed by atoms with van der Waals surface area (Å²) >= 11 is 3.30. The lowest BCUT2D eigenvalue weighted by Gasteiger charge is -2.15. The first kappa shape index (κ1) is 18.9. The Hall–Kier alpha value is -2.42. The lowest BCUT2D eigenvalue weighted by atomic mass is 10.2. The summed E-state index contributed by atoms with van der Waals surface area (Å²) in [6, 6.07) is 6.58. The van der Waals surface area contributed by atoms with Crippen molar-refractivity contribution in [3.63, 3.8) is 0 Å². The number of amides is 4. The van der Waals surface area contributed by atoms with Crippen molar-refractivity contribution in [2.75, 3.05) is 18.4 Å². The zero-order valence-electron chi connectivity index (χ0n) is 13.6. The summed E-state index contributed by atoms with van der Waals surface area (Å²) in [5.41, 5.74) is 0.584. The number of ether oxygens (including phenoxy) is 1. The number of rotatable bonds is 7. The number of carbonyl (C=O) groups is 4. The lowest BCUT2D eigenvalue weighted by molar-refractivity contribution is -0.153. The molecule has 25 heavy (non-hydrogen) atoms. The number of esters is 1. The van der Waals surface area contributed by atoms with Crippen LogP contribution in [0.5, 0.6) is 0 Å². The number of halogens is 1. The molecule has 1 saturated heterocycles. The van der Waals surface area contributed by atoms with Crippen LogP contribution in [0, 0.1) is 0 Å². The normalized spacial score (nSPS) is 14.9. The van der Waals surface area contributed by atoms with Gasteiger partial charge in [-0.25, -0.2) is 4.79 Å². The first-order valence-electron chi connectivity index (χ1n) is 7.71. The molecule has 0 aromatic heterocycles. The van der Waals surface area contributed by atoms with Gasteiger partial charge in [0, 0.05) is 23.1 Å². The number of nitrogens with zero attached hydrogens (tertiary/aromatic N) is 1. The fourth-order valence-corrected chi connectivity index (χ4v) is 2.58. The molecule has 8 nitrogen and oxygen atoms in total. The van der Waals surface area contributed by atoms with E-state index in [1.807, 2.05) is 6.07 Å². The first-order valence-corrected chi connectivity index (χ1v) is 8.50. The van der Waals surface area contributed by atoms with Gasteiger partial charge in [-0.2, -0.15) is 0 Å². The van der Waals surface area contributed by atoms with Crippen LogP contribution in [-0.2, 0) is 19.1 Å². The smallest absolute Gasteiger partial charge is 0.324 e. The molecule has 134 valence electrons. The Labute approximate surface area is 153 Å². The third kappa shape index (κ3) is 5.56. The van der Waals surface area contributed by atoms with Gasteiger partial charge < -0.3 is 15.4 Å². The van der Waals surface area contributed by atoms with Crippen molar-refractivity contribution in [2.45, 2.75) is 25.9 Å². The molecule has 2 rings (SSSR count). The van der Waals surface area contributed by atoms with Crippen molar-refractivity contribution in [3.05, 3.63) is 28.7 Å². The van der Waals surface area contributed by atoms with Gasteiger partial charge in [-0.15, -0.1) is 0 Å². The van der Waals surface area contributed by atoms with Crippen molar-refractivity contribution in [1.29, 1.82) is 0 Å². The summed E-state index contributed by atoms with van der Waals surface area (Å²) in [4.78, 5) is 47.6. The molecule has 1 aliphatic heterocycles. The Balaban J connectivity index is 1.73. The van der Waals surface area contributed by atoms with Crippen LogP contribution in [0.15, 0.2) is 28.7 Å². The highest BCUT2D eigenvalue weighted by molar-refractivity contribution is 9.10. The molecule has 1 aliphatic rings. The van der Waals surface area contributed by atoms with E-state index in [0.29, 0.717) is 5.69 Å². The third-order valence-corrected chi connectivity index (χ3v) is 3.96. The molecule has 0 unspecified atom stereocenters. The number of nitrogens with one attached hydrogen (secondary N) is 2. The molecule has 1 aromatic carbocycles. The maximum atomic E-state index is 12.0. The van der Waals surface area contributed by atoms with E-state index in [1.54, 1.807) is 18.2 Å². The average Bonchev–Trinajstić information content (AvgIpc) is 2.86. The van der Waals surface area contributed by atoms with E-state index in [-0.39, 0.29) is 31.8 Å². The number of hydrogen-bond acceptors (Lipinski definition) is 5. The Morgan fingerprint density at radius 3 is 2.80 bits per heavy atom. The molecule has 0 spiro atoms. The van der Waals surface area contributed by atoms with Gasteiger partial charge in [-0.3, -0.25) is 19.3 Å². The maximum Gasteiger partial charge on any atom is 0.324 e. The van der Waals surface area contributed by atoms with Crippen LogP contribution in [-0.4, -0.2) is 47.9 Å². The van der Waals surface area contributed by atoms with Gasteiger partial charge >= 0.3 is 12.0 Å². The van der Waals surface area contributed by atoms with E-state index in [4.69, 9.17) is 4.74 Å². The molecule has 0 aliphatic carbocycles. The summed E-state index contributed by atoms with van der Waals surface area (Å²) in [5, 5.41) is 5.05. The molecule has 2 N–H and O–H groups in total. The maximum absolute atomic E-state index is 12.0. The van der Waals surface area contributed by atoms with Crippen LogP contribution in [0.25, 0.3) is 0 Å². The van der Waals surface area contributed by atoms with Crippen LogP contribution in [0.4, 0.5) is 10.5 Å². The Morgan fingerprint density at radius 2 is 2.16 bits per heavy atom. The molecule has 1 heterocycles. The minimum absolute atomic E-state index is 0.00552. The largest absolute Gasteiger partial charge is 0.453 e. The fourth-order valence-electron chi connectivity index (χ4n) is 2.18. The SMILES string of the molecule is C[C@H](OC(=O)CCCN1C(=O)CNC1=O)C(=O)Nc1cccc(Br)c1. The van der Waals surface area contributed by atoms with Crippen LogP contribution in [0.2, 0.25) is 0 Å². The molecule has 9 heteroatoms. The van der Waals surface area contributed by atoms with Crippen LogP contribution in [0.1, 0.15) is 19.8 Å². The van der Waals surface area contributed by atoms with Crippen molar-refractivity contribution < 1.29 is 23.9 Å². The highest BCUT2D eigenvalue weighted by atomic mass is 79.9. The average molecular weight is 412 g/mol. The molecule has 0 saturated carbocycles. The summed E-state index contributed by atoms with van der Waals surface area (Å²) in [7, 11) is 0. The quantitative estimate of drug-likeness (QED) is 0.524. The van der Waals surface area contributed by atoms with E-state index in [0.717, 1.165) is 9.37 Å². The summed E-state index contributed by atoms with van der Waals surface area (Å²) < 4.78 is 5.88. The molecule has 0 bridgehead atoms. The van der Waals surface area contributed by atoms with Crippen LogP contribution >= 0.6 is 15.9 Å². The molecule has 0 radical (unpaired) electrons. The van der Waals surface area contributed by atoms with Crippen LogP contribution < -0.4 is 10.6 Å². The molecular weight excluding hydrogens is 394 g/mol. The number of imide groups is 1. The fraction of sp³-hybridized carbons (Fsp3) is 0.375. The van der Waals surface area contributed by atoms with Gasteiger partial charge in [0.15, 0.2) is 6.10 Å². The number of anilines is 1. The third-order valence-electron chi connectivity index (χ3n) is 3.47. The van der Waals surface area contributed by atoms with Crippen molar-refractivity contribution >= 4 is 45.4 Å². The standard InChI is InChI=1S/C16H18BrN3O5/c1-10(15(23)19-12-5-2-4-11(17)8-12)25-14(22)6-3-7-20-13(21)9-18-16(20)24/h2,4-5,8,10H,3,6-7,9H2,1H3,(H,18,24)(H,19,23)/t10-/m0/s1. The minimum atomic E-state index is -0.955. The Bertz CT molecular complexity index is 678. The van der Waals surface area contributed by atoms with Gasteiger partial charge in [0.1, 0.15) is 0 Å². The zero-order chi connectivity index (χ0) is 18.4. The number of hydrogen-bond donors (Lipinski definition) is 2. The summed E-state index contributed by atoms with van der Waals surface area (Å²) in [5.74, 6) is -1.33. The Morgan fingerprint density at radius 1 is 1.40 bits per heavy atom. The molecular formula is C16H18BrN3O5. The van der Waals surface area contributed by atoms with E-state index in [9.17, 15) is 19.2 Å². The summed E-state index contributed by atoms with van der Waals surface area (Å²) in [6.45, 7) is 1.59. The number of carbonyl (C=O) groups excluding carboxylic acids is 4. The Kier molecular flexibility index (Phi) is 6.51. The highest BCUT2D eigenvalue weighted by Crippen LogP contribution is 2.16. The topological polar surface area (TPSA) is 105 Å². The zero-order valence-corrected chi connectivity index (χ0v) is 15.2. The number of urea groups is 1. The van der Waals surface area contributed by atoms with Crippen molar-refractivity contribution in [3.8, 4) is 0 Å². The van der Waals surface area contributed by atoms with Gasteiger partial charge in [-0.05, 0) is 31.5 Å². The van der Waals surface area contributed by atoms with Crippen molar-refractivity contribution in [2.24, 2.45) is 0 Å². The molecule has 1 aromatic rings. The second kappa shape index (κ2) is 8.61. The first-order chi connectivity index (χ1) is 11.9. The van der Waals surface area contributed by atoms with E-state index in [2.05, 4.69) is 26.6 Å². The van der Waals surface area contributed by atoms with E-state index >= 15 is 0 Å². The second-order valence-electron chi connectivity index (χ2n) is 5.44. The van der Waals surface area contributed by atoms with Gasteiger partial charge in [0.2, 0.25) is 5.91 Å².